The van der Waals surface area contributed by atoms with Crippen LogP contribution in [0.1, 0.15) is 51.3 Å². The number of ether oxygens (including phenoxy) is 1. The highest BCUT2D eigenvalue weighted by Gasteiger charge is 2.35. The number of pyridine rings is 1. The van der Waals surface area contributed by atoms with E-state index in [2.05, 4.69) is 15.3 Å². The number of aromatic nitrogens is 2. The molecule has 1 N–H and O–H groups in total. The molecule has 0 radical (unpaired) electrons. The average Bonchev–Trinajstić information content (AvgIpc) is 3.44. The van der Waals surface area contributed by atoms with Crippen LogP contribution in [-0.4, -0.2) is 39.1 Å². The van der Waals surface area contributed by atoms with E-state index in [4.69, 9.17) is 4.74 Å². The van der Waals surface area contributed by atoms with Gasteiger partial charge in [-0.15, -0.1) is 22.7 Å². The lowest BCUT2D eigenvalue weighted by Crippen LogP contribution is -2.47. The molecule has 0 aliphatic carbocycles. The minimum absolute atomic E-state index is 0.0643. The third-order valence-electron chi connectivity index (χ3n) is 6.22. The average molecular weight is 517 g/mol. The Bertz CT molecular complexity index is 1410. The van der Waals surface area contributed by atoms with Gasteiger partial charge in [0.2, 0.25) is 0 Å². The summed E-state index contributed by atoms with van der Waals surface area (Å²) < 4.78 is 36.3. The van der Waals surface area contributed by atoms with Crippen molar-refractivity contribution in [3.63, 3.8) is 0 Å². The summed E-state index contributed by atoms with van der Waals surface area (Å²) in [5, 5.41) is 3.53. The van der Waals surface area contributed by atoms with Crippen LogP contribution in [0.25, 0.3) is 20.4 Å². The van der Waals surface area contributed by atoms with Gasteiger partial charge in [-0.1, -0.05) is 0 Å². The van der Waals surface area contributed by atoms with Gasteiger partial charge in [-0.3, -0.25) is 0 Å². The van der Waals surface area contributed by atoms with Crippen molar-refractivity contribution in [3.8, 4) is 0 Å². The van der Waals surface area contributed by atoms with E-state index in [1.807, 2.05) is 33.8 Å². The minimum atomic E-state index is -0.569. The topological polar surface area (TPSA) is 67.4 Å². The number of amides is 1. The number of rotatable bonds is 3. The first kappa shape index (κ1) is 23.9. The number of carbonyl (C=O) groups is 1. The molecule has 4 heterocycles. The lowest BCUT2D eigenvalue weighted by atomic mass is 9.89. The molecule has 1 aliphatic rings. The number of hydrogen-bond donors (Lipinski definition) is 1. The molecule has 6 nitrogen and oxygen atoms in total. The lowest BCUT2D eigenvalue weighted by molar-refractivity contribution is 0.00911. The molecule has 10 heteroatoms. The zero-order valence-corrected chi connectivity index (χ0v) is 21.5. The summed E-state index contributed by atoms with van der Waals surface area (Å²) in [6.07, 6.45) is 2.57. The Morgan fingerprint density at radius 2 is 2.06 bits per heavy atom. The van der Waals surface area contributed by atoms with Crippen LogP contribution in [0.4, 0.5) is 25.0 Å². The first-order chi connectivity index (χ1) is 16.6. The smallest absolute Gasteiger partial charge is 0.410 e. The van der Waals surface area contributed by atoms with Gasteiger partial charge >= 0.3 is 6.09 Å². The second kappa shape index (κ2) is 8.98. The number of halogens is 2. The summed E-state index contributed by atoms with van der Waals surface area (Å²) in [5.41, 5.74) is 1.61. The summed E-state index contributed by atoms with van der Waals surface area (Å²) in [4.78, 5) is 24.6. The van der Waals surface area contributed by atoms with E-state index >= 15 is 4.39 Å². The first-order valence-electron chi connectivity index (χ1n) is 11.5. The van der Waals surface area contributed by atoms with E-state index in [1.54, 1.807) is 22.5 Å². The summed E-state index contributed by atoms with van der Waals surface area (Å²) in [7, 11) is 0. The molecule has 1 fully saturated rings. The fourth-order valence-electron chi connectivity index (χ4n) is 4.52. The summed E-state index contributed by atoms with van der Waals surface area (Å²) in [6, 6.07) is 5.19. The Hall–Kier alpha value is -2.85. The Balaban J connectivity index is 1.47. The second-order valence-corrected chi connectivity index (χ2v) is 11.7. The van der Waals surface area contributed by atoms with Crippen molar-refractivity contribution in [1.82, 2.24) is 14.9 Å². The molecule has 4 aromatic rings. The SMILES string of the molecule is CC1C(c2cc3c(Nc4ccc5scnc5c4F)c(F)cnc3s2)CCCN1C(=O)OC(C)(C)C. The number of carbonyl (C=O) groups excluding carboxylic acids is 1. The van der Waals surface area contributed by atoms with Crippen LogP contribution in [0.5, 0.6) is 0 Å². The molecule has 2 atom stereocenters. The molecular weight excluding hydrogens is 490 g/mol. The fourth-order valence-corrected chi connectivity index (χ4v) is 6.44. The number of likely N-dealkylation sites (tertiary alicyclic amines) is 1. The van der Waals surface area contributed by atoms with E-state index in [0.29, 0.717) is 16.8 Å². The van der Waals surface area contributed by atoms with Crippen molar-refractivity contribution < 1.29 is 18.3 Å². The van der Waals surface area contributed by atoms with E-state index < -0.39 is 17.2 Å². The molecule has 3 aromatic heterocycles. The number of fused-ring (bicyclic) bond motifs is 2. The highest BCUT2D eigenvalue weighted by molar-refractivity contribution is 7.18. The Morgan fingerprint density at radius 3 is 2.83 bits per heavy atom. The highest BCUT2D eigenvalue weighted by Crippen LogP contribution is 2.42. The highest BCUT2D eigenvalue weighted by atomic mass is 32.1. The number of thiophene rings is 1. The van der Waals surface area contributed by atoms with Crippen molar-refractivity contribution in [3.05, 3.63) is 46.4 Å². The van der Waals surface area contributed by atoms with Crippen LogP contribution in [0, 0.1) is 11.6 Å². The van der Waals surface area contributed by atoms with Crippen molar-refractivity contribution in [2.24, 2.45) is 0 Å². The monoisotopic (exact) mass is 516 g/mol. The number of nitrogens with zero attached hydrogens (tertiary/aromatic N) is 3. The van der Waals surface area contributed by atoms with E-state index in [0.717, 1.165) is 28.6 Å². The molecule has 2 unspecified atom stereocenters. The molecule has 1 aromatic carbocycles. The van der Waals surface area contributed by atoms with E-state index in [1.165, 1.54) is 22.7 Å². The minimum Gasteiger partial charge on any atom is -0.444 e. The Labute approximate surface area is 209 Å². The maximum atomic E-state index is 15.0. The molecule has 0 bridgehead atoms. The zero-order valence-electron chi connectivity index (χ0n) is 19.9. The van der Waals surface area contributed by atoms with Gasteiger partial charge in [0.25, 0.3) is 0 Å². The molecule has 1 amide bonds. The number of anilines is 2. The standard InChI is InChI=1S/C25H26F2N4O2S2/c1-13-14(6-5-9-31(13)24(32)33-25(2,3)4)19-10-15-21(16(26)11-28-23(15)35-19)30-17-7-8-18-22(20(17)27)29-12-34-18/h7-8,10-14H,5-6,9H2,1-4H3,(H,28,30). The van der Waals surface area contributed by atoms with Crippen LogP contribution >= 0.6 is 22.7 Å². The van der Waals surface area contributed by atoms with Crippen LogP contribution in [0.3, 0.4) is 0 Å². The molecule has 1 saturated heterocycles. The molecular formula is C25H26F2N4O2S2. The quantitative estimate of drug-likeness (QED) is 0.307. The van der Waals surface area contributed by atoms with Gasteiger partial charge in [0.15, 0.2) is 11.6 Å². The van der Waals surface area contributed by atoms with Crippen molar-refractivity contribution >= 4 is 60.6 Å². The number of benzene rings is 1. The van der Waals surface area contributed by atoms with Crippen LogP contribution < -0.4 is 5.32 Å². The predicted molar refractivity (Wildman–Crippen MR) is 137 cm³/mol. The van der Waals surface area contributed by atoms with Gasteiger partial charge in [0.05, 0.1) is 27.8 Å². The largest absolute Gasteiger partial charge is 0.444 e. The molecule has 5 rings (SSSR count). The number of nitrogens with one attached hydrogen (secondary N) is 1. The molecule has 1 aliphatic heterocycles. The normalized spacial score (nSPS) is 18.9. The molecule has 35 heavy (non-hydrogen) atoms. The fraction of sp³-hybridized carbons (Fsp3) is 0.400. The summed E-state index contributed by atoms with van der Waals surface area (Å²) in [6.45, 7) is 8.21. The third-order valence-corrected chi connectivity index (χ3v) is 8.19. The summed E-state index contributed by atoms with van der Waals surface area (Å²) >= 11 is 2.82. The van der Waals surface area contributed by atoms with E-state index in [9.17, 15) is 9.18 Å². The summed E-state index contributed by atoms with van der Waals surface area (Å²) in [5.74, 6) is -1.02. The maximum Gasteiger partial charge on any atom is 0.410 e. The van der Waals surface area contributed by atoms with Crippen LogP contribution in [0.15, 0.2) is 29.9 Å². The zero-order chi connectivity index (χ0) is 24.9. The lowest BCUT2D eigenvalue weighted by Gasteiger charge is -2.39. The maximum absolute atomic E-state index is 15.0. The van der Waals surface area contributed by atoms with Gasteiger partial charge < -0.3 is 15.0 Å². The van der Waals surface area contributed by atoms with Crippen LogP contribution in [0.2, 0.25) is 0 Å². The third kappa shape index (κ3) is 4.56. The van der Waals surface area contributed by atoms with Gasteiger partial charge in [-0.05, 0) is 58.7 Å². The predicted octanol–water partition coefficient (Wildman–Crippen LogP) is 7.43. The molecule has 0 saturated carbocycles. The molecule has 184 valence electrons. The first-order valence-corrected chi connectivity index (χ1v) is 13.2. The van der Waals surface area contributed by atoms with Crippen molar-refractivity contribution in [1.29, 1.82) is 0 Å². The van der Waals surface area contributed by atoms with Gasteiger partial charge in [0, 0.05) is 28.8 Å². The number of hydrogen-bond acceptors (Lipinski definition) is 7. The van der Waals surface area contributed by atoms with Gasteiger partial charge in [-0.25, -0.2) is 23.5 Å². The number of thiazole rings is 1. The van der Waals surface area contributed by atoms with Crippen LogP contribution in [-0.2, 0) is 4.74 Å². The molecule has 0 spiro atoms. The van der Waals surface area contributed by atoms with E-state index in [-0.39, 0.29) is 34.9 Å². The van der Waals surface area contributed by atoms with Crippen molar-refractivity contribution in [2.75, 3.05) is 11.9 Å². The van der Waals surface area contributed by atoms with Crippen molar-refractivity contribution in [2.45, 2.75) is 58.1 Å². The second-order valence-electron chi connectivity index (χ2n) is 9.76. The Morgan fingerprint density at radius 1 is 1.26 bits per heavy atom. The van der Waals surface area contributed by atoms with Gasteiger partial charge in [0.1, 0.15) is 15.9 Å². The van der Waals surface area contributed by atoms with Gasteiger partial charge in [-0.2, -0.15) is 0 Å². The Kier molecular flexibility index (Phi) is 6.13. The number of piperidine rings is 1.